The summed E-state index contributed by atoms with van der Waals surface area (Å²) in [5.41, 5.74) is 0.893. The third kappa shape index (κ3) is 5.12. The number of hydrogen-bond acceptors (Lipinski definition) is 4. The summed E-state index contributed by atoms with van der Waals surface area (Å²) in [4.78, 5) is 30.2. The van der Waals surface area contributed by atoms with E-state index in [0.717, 1.165) is 37.8 Å². The highest BCUT2D eigenvalue weighted by Crippen LogP contribution is 2.31. The van der Waals surface area contributed by atoms with E-state index in [4.69, 9.17) is 0 Å². The summed E-state index contributed by atoms with van der Waals surface area (Å²) in [5.74, 6) is 0.132. The van der Waals surface area contributed by atoms with Crippen molar-refractivity contribution in [1.82, 2.24) is 9.88 Å². The van der Waals surface area contributed by atoms with Crippen LogP contribution in [-0.4, -0.2) is 34.8 Å². The van der Waals surface area contributed by atoms with Gasteiger partial charge < -0.3 is 10.2 Å². The molecule has 1 aromatic heterocycles. The van der Waals surface area contributed by atoms with Crippen LogP contribution in [0.25, 0.3) is 0 Å². The molecule has 0 aromatic carbocycles. The Morgan fingerprint density at radius 2 is 2.19 bits per heavy atom. The van der Waals surface area contributed by atoms with Gasteiger partial charge in [-0.3, -0.25) is 9.59 Å². The van der Waals surface area contributed by atoms with Crippen LogP contribution in [-0.2, 0) is 9.59 Å². The van der Waals surface area contributed by atoms with Crippen molar-refractivity contribution >= 4 is 28.3 Å². The Kier molecular flexibility index (Phi) is 5.73. The van der Waals surface area contributed by atoms with E-state index >= 15 is 0 Å². The van der Waals surface area contributed by atoms with E-state index in [1.165, 1.54) is 11.3 Å². The number of rotatable bonds is 8. The molecule has 21 heavy (non-hydrogen) atoms. The van der Waals surface area contributed by atoms with Crippen LogP contribution in [0.15, 0.2) is 5.38 Å². The largest absolute Gasteiger partial charge is 0.333 e. The van der Waals surface area contributed by atoms with Crippen LogP contribution in [0.4, 0.5) is 5.13 Å². The van der Waals surface area contributed by atoms with Gasteiger partial charge in [-0.15, -0.1) is 11.3 Å². The van der Waals surface area contributed by atoms with Crippen molar-refractivity contribution < 1.29 is 9.59 Å². The summed E-state index contributed by atoms with van der Waals surface area (Å²) in [7, 11) is 0. The Labute approximate surface area is 129 Å². The van der Waals surface area contributed by atoms with Gasteiger partial charge in [0.05, 0.1) is 12.2 Å². The maximum absolute atomic E-state index is 12.2. The summed E-state index contributed by atoms with van der Waals surface area (Å²) >= 11 is 1.41. The Bertz CT molecular complexity index is 497. The molecule has 0 bridgehead atoms. The van der Waals surface area contributed by atoms with E-state index in [0.29, 0.717) is 11.7 Å². The van der Waals surface area contributed by atoms with Crippen LogP contribution in [0.5, 0.6) is 0 Å². The molecule has 1 saturated carbocycles. The van der Waals surface area contributed by atoms with Crippen molar-refractivity contribution in [2.24, 2.45) is 5.92 Å². The number of amides is 2. The third-order valence-electron chi connectivity index (χ3n) is 3.47. The number of nitrogens with one attached hydrogen (secondary N) is 1. The van der Waals surface area contributed by atoms with Gasteiger partial charge in [0, 0.05) is 17.8 Å². The highest BCUT2D eigenvalue weighted by Gasteiger charge is 2.33. The Morgan fingerprint density at radius 1 is 1.43 bits per heavy atom. The van der Waals surface area contributed by atoms with Gasteiger partial charge >= 0.3 is 0 Å². The van der Waals surface area contributed by atoms with Gasteiger partial charge in [0.25, 0.3) is 0 Å². The summed E-state index contributed by atoms with van der Waals surface area (Å²) in [6.45, 7) is 4.83. The molecule has 116 valence electrons. The molecule has 2 amide bonds. The standard InChI is InChI=1S/C15H23N3O2S/c1-3-4-5-8-18(14(20)12-6-7-12)9-13(19)17-15-16-11(2)10-21-15/h10,12H,3-9H2,1-2H3,(H,16,17,19). The maximum Gasteiger partial charge on any atom is 0.245 e. The van der Waals surface area contributed by atoms with Crippen LogP contribution in [0.1, 0.15) is 44.7 Å². The molecule has 1 aliphatic rings. The first kappa shape index (κ1) is 15.9. The lowest BCUT2D eigenvalue weighted by Gasteiger charge is -2.21. The number of carbonyl (C=O) groups is 2. The molecule has 1 fully saturated rings. The fourth-order valence-corrected chi connectivity index (χ4v) is 2.86. The Morgan fingerprint density at radius 3 is 2.76 bits per heavy atom. The molecule has 0 spiro atoms. The van der Waals surface area contributed by atoms with Crippen molar-refractivity contribution in [3.8, 4) is 0 Å². The molecule has 0 aliphatic heterocycles. The normalized spacial score (nSPS) is 14.0. The zero-order valence-corrected chi connectivity index (χ0v) is 13.5. The minimum Gasteiger partial charge on any atom is -0.333 e. The molecule has 0 radical (unpaired) electrons. The van der Waals surface area contributed by atoms with Crippen molar-refractivity contribution in [3.63, 3.8) is 0 Å². The lowest BCUT2D eigenvalue weighted by Crippen LogP contribution is -2.39. The number of hydrogen-bond donors (Lipinski definition) is 1. The van der Waals surface area contributed by atoms with E-state index in [1.54, 1.807) is 4.90 Å². The third-order valence-corrected chi connectivity index (χ3v) is 4.35. The molecule has 1 aliphatic carbocycles. The number of aryl methyl sites for hydroxylation is 1. The van der Waals surface area contributed by atoms with Gasteiger partial charge in [-0.2, -0.15) is 0 Å². The van der Waals surface area contributed by atoms with Gasteiger partial charge in [0.1, 0.15) is 0 Å². The Balaban J connectivity index is 1.86. The van der Waals surface area contributed by atoms with E-state index in [2.05, 4.69) is 17.2 Å². The highest BCUT2D eigenvalue weighted by molar-refractivity contribution is 7.13. The van der Waals surface area contributed by atoms with Crippen molar-refractivity contribution in [2.45, 2.75) is 46.0 Å². The zero-order chi connectivity index (χ0) is 15.2. The zero-order valence-electron chi connectivity index (χ0n) is 12.7. The maximum atomic E-state index is 12.2. The summed E-state index contributed by atoms with van der Waals surface area (Å²) in [6, 6.07) is 0. The average Bonchev–Trinajstić information content (AvgIpc) is 3.21. The first-order valence-electron chi connectivity index (χ1n) is 7.61. The minimum atomic E-state index is -0.158. The van der Waals surface area contributed by atoms with E-state index in [-0.39, 0.29) is 24.3 Å². The Hall–Kier alpha value is -1.43. The average molecular weight is 309 g/mol. The van der Waals surface area contributed by atoms with Crippen molar-refractivity contribution in [1.29, 1.82) is 0 Å². The van der Waals surface area contributed by atoms with Gasteiger partial charge in [-0.05, 0) is 26.2 Å². The molecule has 1 heterocycles. The van der Waals surface area contributed by atoms with Crippen LogP contribution in [0.3, 0.4) is 0 Å². The highest BCUT2D eigenvalue weighted by atomic mass is 32.1. The molecule has 5 nitrogen and oxygen atoms in total. The van der Waals surface area contributed by atoms with Gasteiger partial charge in [0.2, 0.25) is 11.8 Å². The van der Waals surface area contributed by atoms with Crippen LogP contribution < -0.4 is 5.32 Å². The lowest BCUT2D eigenvalue weighted by atomic mass is 10.2. The first-order chi connectivity index (χ1) is 10.1. The van der Waals surface area contributed by atoms with Crippen LogP contribution in [0.2, 0.25) is 0 Å². The molecule has 1 N–H and O–H groups in total. The SMILES string of the molecule is CCCCCN(CC(=O)Nc1nc(C)cs1)C(=O)C1CC1. The first-order valence-corrected chi connectivity index (χ1v) is 8.49. The number of unbranched alkanes of at least 4 members (excludes halogenated alkanes) is 2. The predicted octanol–water partition coefficient (Wildman–Crippen LogP) is 2.82. The number of carbonyl (C=O) groups excluding carboxylic acids is 2. The number of thiazole rings is 1. The quantitative estimate of drug-likeness (QED) is 0.751. The second kappa shape index (κ2) is 7.54. The molecular formula is C15H23N3O2S. The smallest absolute Gasteiger partial charge is 0.245 e. The topological polar surface area (TPSA) is 62.3 Å². The summed E-state index contributed by atoms with van der Waals surface area (Å²) in [6.07, 6.45) is 5.09. The van der Waals surface area contributed by atoms with E-state index in [1.807, 2.05) is 12.3 Å². The lowest BCUT2D eigenvalue weighted by molar-refractivity contribution is -0.135. The molecule has 2 rings (SSSR count). The summed E-state index contributed by atoms with van der Waals surface area (Å²) < 4.78 is 0. The summed E-state index contributed by atoms with van der Waals surface area (Å²) in [5, 5.41) is 5.27. The fraction of sp³-hybridized carbons (Fsp3) is 0.667. The van der Waals surface area contributed by atoms with Crippen LogP contribution >= 0.6 is 11.3 Å². The molecule has 0 atom stereocenters. The van der Waals surface area contributed by atoms with Crippen molar-refractivity contribution in [3.05, 3.63) is 11.1 Å². The second-order valence-electron chi connectivity index (χ2n) is 5.58. The van der Waals surface area contributed by atoms with E-state index in [9.17, 15) is 9.59 Å². The van der Waals surface area contributed by atoms with Crippen LogP contribution in [0, 0.1) is 12.8 Å². The molecule has 1 aromatic rings. The monoisotopic (exact) mass is 309 g/mol. The second-order valence-corrected chi connectivity index (χ2v) is 6.44. The number of nitrogens with zero attached hydrogens (tertiary/aromatic N) is 2. The molecular weight excluding hydrogens is 286 g/mol. The van der Waals surface area contributed by atoms with E-state index < -0.39 is 0 Å². The number of aromatic nitrogens is 1. The van der Waals surface area contributed by atoms with Crippen molar-refractivity contribution in [2.75, 3.05) is 18.4 Å². The predicted molar refractivity (Wildman–Crippen MR) is 84.3 cm³/mol. The number of anilines is 1. The van der Waals surface area contributed by atoms with Gasteiger partial charge in [-0.25, -0.2) is 4.98 Å². The molecule has 0 unspecified atom stereocenters. The minimum absolute atomic E-state index is 0.136. The fourth-order valence-electron chi connectivity index (χ4n) is 2.15. The molecule has 0 saturated heterocycles. The van der Waals surface area contributed by atoms with Gasteiger partial charge in [-0.1, -0.05) is 19.8 Å². The molecule has 6 heteroatoms. The van der Waals surface area contributed by atoms with Gasteiger partial charge in [0.15, 0.2) is 5.13 Å².